The summed E-state index contributed by atoms with van der Waals surface area (Å²) in [6, 6.07) is 5.83. The molecule has 1 N–H and O–H groups in total. The largest absolute Gasteiger partial charge is 0.385 e. The van der Waals surface area contributed by atoms with Gasteiger partial charge in [0.05, 0.1) is 5.56 Å². The van der Waals surface area contributed by atoms with Crippen molar-refractivity contribution in [2.45, 2.75) is 32.8 Å². The second-order valence-corrected chi connectivity index (χ2v) is 4.99. The minimum absolute atomic E-state index is 0.347. The van der Waals surface area contributed by atoms with Crippen molar-refractivity contribution in [1.29, 1.82) is 0 Å². The van der Waals surface area contributed by atoms with Crippen molar-refractivity contribution < 1.29 is 9.63 Å². The van der Waals surface area contributed by atoms with Crippen molar-refractivity contribution in [3.8, 4) is 11.5 Å². The number of aliphatic hydroxyl groups is 1. The molecule has 2 aromatic rings. The van der Waals surface area contributed by atoms with E-state index in [1.54, 1.807) is 0 Å². The molecule has 0 aliphatic carbocycles. The lowest BCUT2D eigenvalue weighted by molar-refractivity contribution is 0.153. The number of aryl methyl sites for hydroxylation is 1. The highest BCUT2D eigenvalue weighted by molar-refractivity contribution is 9.10. The molecule has 1 atom stereocenters. The Morgan fingerprint density at radius 1 is 1.44 bits per heavy atom. The summed E-state index contributed by atoms with van der Waals surface area (Å²) in [5.74, 6) is 0.774. The third kappa shape index (κ3) is 2.62. The molecule has 0 amide bonds. The summed E-state index contributed by atoms with van der Waals surface area (Å²) >= 11 is 3.50. The van der Waals surface area contributed by atoms with Crippen molar-refractivity contribution in [1.82, 2.24) is 10.1 Å². The molecule has 4 nitrogen and oxygen atoms in total. The van der Waals surface area contributed by atoms with Gasteiger partial charge in [0.25, 0.3) is 5.89 Å². The second kappa shape index (κ2) is 5.63. The van der Waals surface area contributed by atoms with Crippen molar-refractivity contribution in [3.05, 3.63) is 34.1 Å². The smallest absolute Gasteiger partial charge is 0.259 e. The predicted octanol–water partition coefficient (Wildman–Crippen LogP) is 3.64. The normalized spacial score (nSPS) is 12.7. The number of benzene rings is 1. The maximum absolute atomic E-state index is 9.81. The minimum Gasteiger partial charge on any atom is -0.385 e. The summed E-state index contributed by atoms with van der Waals surface area (Å²) in [6.07, 6.45) is 0.851. The monoisotopic (exact) mass is 310 g/mol. The molecule has 0 bridgehead atoms. The van der Waals surface area contributed by atoms with Crippen LogP contribution in [0.1, 0.15) is 37.3 Å². The number of rotatable bonds is 4. The first-order valence-electron chi connectivity index (χ1n) is 5.90. The van der Waals surface area contributed by atoms with Gasteiger partial charge in [-0.15, -0.1) is 0 Å². The average molecular weight is 311 g/mol. The van der Waals surface area contributed by atoms with Crippen LogP contribution in [0.4, 0.5) is 0 Å². The summed E-state index contributed by atoms with van der Waals surface area (Å²) in [5, 5.41) is 13.6. The Kier molecular flexibility index (Phi) is 4.14. The Morgan fingerprint density at radius 3 is 2.94 bits per heavy atom. The zero-order chi connectivity index (χ0) is 13.1. The predicted molar refractivity (Wildman–Crippen MR) is 72.0 cm³/mol. The molecule has 0 radical (unpaired) electrons. The Labute approximate surface area is 114 Å². The van der Waals surface area contributed by atoms with Crippen molar-refractivity contribution in [2.75, 3.05) is 0 Å². The minimum atomic E-state index is -0.656. The molecule has 18 heavy (non-hydrogen) atoms. The van der Waals surface area contributed by atoms with Gasteiger partial charge in [-0.2, -0.15) is 4.98 Å². The van der Waals surface area contributed by atoms with Crippen LogP contribution in [-0.2, 0) is 0 Å². The average Bonchev–Trinajstić information content (AvgIpc) is 2.82. The number of hydrogen-bond donors (Lipinski definition) is 1. The second-order valence-electron chi connectivity index (χ2n) is 4.20. The van der Waals surface area contributed by atoms with E-state index in [2.05, 4.69) is 26.1 Å². The molecular weight excluding hydrogens is 296 g/mol. The molecule has 1 unspecified atom stereocenters. The lowest BCUT2D eigenvalue weighted by Crippen LogP contribution is -1.98. The highest BCUT2D eigenvalue weighted by Gasteiger charge is 2.17. The number of nitrogens with zero attached hydrogens (tertiary/aromatic N) is 2. The van der Waals surface area contributed by atoms with E-state index in [-0.39, 0.29) is 0 Å². The Morgan fingerprint density at radius 2 is 2.22 bits per heavy atom. The molecule has 1 aromatic carbocycles. The van der Waals surface area contributed by atoms with E-state index in [1.807, 2.05) is 32.0 Å². The Balaban J connectivity index is 2.32. The highest BCUT2D eigenvalue weighted by Crippen LogP contribution is 2.30. The van der Waals surface area contributed by atoms with E-state index in [0.717, 1.165) is 22.0 Å². The van der Waals surface area contributed by atoms with Gasteiger partial charge in [0, 0.05) is 4.47 Å². The maximum atomic E-state index is 9.81. The maximum Gasteiger partial charge on any atom is 0.259 e. The van der Waals surface area contributed by atoms with Gasteiger partial charge >= 0.3 is 0 Å². The topological polar surface area (TPSA) is 59.2 Å². The van der Waals surface area contributed by atoms with Gasteiger partial charge in [-0.3, -0.25) is 0 Å². The van der Waals surface area contributed by atoms with Gasteiger partial charge in [0.1, 0.15) is 6.10 Å². The first-order chi connectivity index (χ1) is 8.63. The molecule has 0 saturated carbocycles. The lowest BCUT2D eigenvalue weighted by Gasteiger charge is -2.02. The molecule has 0 spiro atoms. The van der Waals surface area contributed by atoms with E-state index in [4.69, 9.17) is 4.52 Å². The van der Waals surface area contributed by atoms with Gasteiger partial charge < -0.3 is 9.63 Å². The summed E-state index contributed by atoms with van der Waals surface area (Å²) in [5.41, 5.74) is 1.94. The van der Waals surface area contributed by atoms with Crippen LogP contribution in [0.25, 0.3) is 11.5 Å². The number of halogens is 1. The molecule has 5 heteroatoms. The standard InChI is InChI=1S/C13H15BrN2O2/c1-3-5-10(17)12-15-13(18-16-12)9-7-4-6-8(2)11(9)14/h4,6-7,10,17H,3,5H2,1-2H3. The van der Waals surface area contributed by atoms with E-state index in [0.29, 0.717) is 18.1 Å². The van der Waals surface area contributed by atoms with Crippen LogP contribution >= 0.6 is 15.9 Å². The molecule has 0 fully saturated rings. The zero-order valence-electron chi connectivity index (χ0n) is 10.4. The quantitative estimate of drug-likeness (QED) is 0.936. The van der Waals surface area contributed by atoms with Crippen LogP contribution in [0.3, 0.4) is 0 Å². The van der Waals surface area contributed by atoms with Crippen LogP contribution in [0.15, 0.2) is 27.2 Å². The molecule has 1 heterocycles. The first kappa shape index (κ1) is 13.2. The summed E-state index contributed by atoms with van der Waals surface area (Å²) in [7, 11) is 0. The summed E-state index contributed by atoms with van der Waals surface area (Å²) in [4.78, 5) is 4.24. The van der Waals surface area contributed by atoms with Gasteiger partial charge in [-0.1, -0.05) is 30.6 Å². The molecule has 0 aliphatic rings. The number of aliphatic hydroxyl groups excluding tert-OH is 1. The van der Waals surface area contributed by atoms with E-state index in [9.17, 15) is 5.11 Å². The van der Waals surface area contributed by atoms with Crippen LogP contribution in [-0.4, -0.2) is 15.2 Å². The fourth-order valence-electron chi connectivity index (χ4n) is 1.69. The van der Waals surface area contributed by atoms with E-state index < -0.39 is 6.10 Å². The van der Waals surface area contributed by atoms with E-state index in [1.165, 1.54) is 0 Å². The Bertz CT molecular complexity index is 540. The van der Waals surface area contributed by atoms with Crippen molar-refractivity contribution in [2.24, 2.45) is 0 Å². The molecule has 2 rings (SSSR count). The van der Waals surface area contributed by atoms with Crippen LogP contribution in [0.2, 0.25) is 0 Å². The summed E-state index contributed by atoms with van der Waals surface area (Å²) in [6.45, 7) is 4.00. The zero-order valence-corrected chi connectivity index (χ0v) is 11.9. The fraction of sp³-hybridized carbons (Fsp3) is 0.385. The Hall–Kier alpha value is -1.20. The molecular formula is C13H15BrN2O2. The third-order valence-corrected chi connectivity index (χ3v) is 3.78. The SMILES string of the molecule is CCCC(O)c1noc(-c2cccc(C)c2Br)n1. The van der Waals surface area contributed by atoms with Crippen molar-refractivity contribution in [3.63, 3.8) is 0 Å². The van der Waals surface area contributed by atoms with Gasteiger partial charge in [-0.25, -0.2) is 0 Å². The highest BCUT2D eigenvalue weighted by atomic mass is 79.9. The van der Waals surface area contributed by atoms with E-state index >= 15 is 0 Å². The summed E-state index contributed by atoms with van der Waals surface area (Å²) < 4.78 is 6.14. The number of hydrogen-bond acceptors (Lipinski definition) is 4. The molecule has 1 aromatic heterocycles. The van der Waals surface area contributed by atoms with Crippen LogP contribution in [0.5, 0.6) is 0 Å². The van der Waals surface area contributed by atoms with Gasteiger partial charge in [0.2, 0.25) is 5.82 Å². The first-order valence-corrected chi connectivity index (χ1v) is 6.70. The molecule has 0 aliphatic heterocycles. The fourth-order valence-corrected chi connectivity index (χ4v) is 2.13. The lowest BCUT2D eigenvalue weighted by atomic mass is 10.1. The van der Waals surface area contributed by atoms with Crippen LogP contribution in [0, 0.1) is 6.92 Å². The molecule has 0 saturated heterocycles. The van der Waals surface area contributed by atoms with Crippen LogP contribution < -0.4 is 0 Å². The number of aromatic nitrogens is 2. The van der Waals surface area contributed by atoms with Gasteiger partial charge in [-0.05, 0) is 40.9 Å². The van der Waals surface area contributed by atoms with Gasteiger partial charge in [0.15, 0.2) is 0 Å². The molecule has 96 valence electrons. The third-order valence-electron chi connectivity index (χ3n) is 2.72. The van der Waals surface area contributed by atoms with Crippen molar-refractivity contribution >= 4 is 15.9 Å².